The van der Waals surface area contributed by atoms with Crippen molar-refractivity contribution in [1.29, 1.82) is 0 Å². The summed E-state index contributed by atoms with van der Waals surface area (Å²) in [6, 6.07) is 3.89. The maximum atomic E-state index is 9.86. The molecule has 88 valence electrons. The Hall–Kier alpha value is -1.17. The summed E-state index contributed by atoms with van der Waals surface area (Å²) in [6.07, 6.45) is 2.57. The van der Waals surface area contributed by atoms with Gasteiger partial charge in [0.05, 0.1) is 5.60 Å². The molecule has 1 unspecified atom stereocenters. The van der Waals surface area contributed by atoms with E-state index in [-0.39, 0.29) is 0 Å². The molecule has 4 N–H and O–H groups in total. The largest absolute Gasteiger partial charge is 0.389 e. The number of nitrogens with one attached hydrogen (secondary N) is 1. The number of rotatable bonds is 3. The number of aliphatic hydroxyl groups is 1. The molecule has 0 radical (unpaired) electrons. The summed E-state index contributed by atoms with van der Waals surface area (Å²) < 4.78 is 0. The monoisotopic (exact) mass is 222 g/mol. The molecular formula is C11H18N4O. The molecule has 1 aromatic heterocycles. The Morgan fingerprint density at radius 2 is 2.50 bits per heavy atom. The highest BCUT2D eigenvalue weighted by Crippen LogP contribution is 2.22. The number of nitrogens with zero attached hydrogens (tertiary/aromatic N) is 2. The number of hydrazine groups is 1. The minimum absolute atomic E-state index is 0.540. The van der Waals surface area contributed by atoms with Crippen LogP contribution in [0.4, 0.5) is 5.82 Å². The van der Waals surface area contributed by atoms with Crippen LogP contribution < -0.4 is 11.3 Å². The Bertz CT molecular complexity index is 367. The highest BCUT2D eigenvalue weighted by atomic mass is 16.3. The fourth-order valence-electron chi connectivity index (χ4n) is 2.08. The van der Waals surface area contributed by atoms with E-state index in [0.717, 1.165) is 31.6 Å². The zero-order chi connectivity index (χ0) is 11.6. The summed E-state index contributed by atoms with van der Waals surface area (Å²) in [5.41, 5.74) is 3.14. The van der Waals surface area contributed by atoms with Crippen molar-refractivity contribution in [3.05, 3.63) is 23.9 Å². The number of nitrogens with two attached hydrogens (primary N) is 1. The standard InChI is InChI=1S/C11H18N4O/c1-11(16)3-5-15(8-11)7-9-2-4-13-10(6-9)14-12/h2,4,6,16H,3,5,7-8,12H2,1H3,(H,13,14). The van der Waals surface area contributed by atoms with Crippen molar-refractivity contribution in [2.45, 2.75) is 25.5 Å². The molecule has 2 heterocycles. The lowest BCUT2D eigenvalue weighted by atomic mass is 10.1. The maximum absolute atomic E-state index is 9.86. The number of pyridine rings is 1. The van der Waals surface area contributed by atoms with E-state index >= 15 is 0 Å². The van der Waals surface area contributed by atoms with Crippen LogP contribution in [-0.2, 0) is 6.54 Å². The quantitative estimate of drug-likeness (QED) is 0.507. The molecule has 0 aromatic carbocycles. The highest BCUT2D eigenvalue weighted by Gasteiger charge is 2.30. The van der Waals surface area contributed by atoms with Crippen LogP contribution in [0.3, 0.4) is 0 Å². The van der Waals surface area contributed by atoms with E-state index in [1.807, 2.05) is 19.1 Å². The topological polar surface area (TPSA) is 74.4 Å². The minimum atomic E-state index is -0.540. The van der Waals surface area contributed by atoms with Crippen molar-refractivity contribution in [3.8, 4) is 0 Å². The SMILES string of the molecule is CC1(O)CCN(Cc2ccnc(NN)c2)C1. The molecule has 1 aliphatic rings. The molecule has 1 aliphatic heterocycles. The number of aromatic nitrogens is 1. The third kappa shape index (κ3) is 2.69. The zero-order valence-corrected chi connectivity index (χ0v) is 9.48. The lowest BCUT2D eigenvalue weighted by molar-refractivity contribution is 0.0679. The van der Waals surface area contributed by atoms with Gasteiger partial charge in [0.2, 0.25) is 0 Å². The number of β-amino-alcohol motifs (C(OH)–C–C–N with tert-alkyl or cyclic N) is 1. The highest BCUT2D eigenvalue weighted by molar-refractivity contribution is 5.35. The normalized spacial score (nSPS) is 25.9. The van der Waals surface area contributed by atoms with E-state index in [9.17, 15) is 5.11 Å². The van der Waals surface area contributed by atoms with Gasteiger partial charge < -0.3 is 10.5 Å². The van der Waals surface area contributed by atoms with E-state index in [0.29, 0.717) is 5.82 Å². The first-order chi connectivity index (χ1) is 7.59. The molecule has 0 spiro atoms. The molecule has 1 fully saturated rings. The predicted molar refractivity (Wildman–Crippen MR) is 62.6 cm³/mol. The van der Waals surface area contributed by atoms with Crippen LogP contribution in [-0.4, -0.2) is 33.7 Å². The van der Waals surface area contributed by atoms with Gasteiger partial charge in [0.25, 0.3) is 0 Å². The molecule has 16 heavy (non-hydrogen) atoms. The smallest absolute Gasteiger partial charge is 0.140 e. The van der Waals surface area contributed by atoms with Crippen LogP contribution in [0.1, 0.15) is 18.9 Å². The minimum Gasteiger partial charge on any atom is -0.389 e. The second kappa shape index (κ2) is 4.37. The number of nitrogen functional groups attached to an aromatic ring is 1. The fraction of sp³-hybridized carbons (Fsp3) is 0.545. The molecule has 1 saturated heterocycles. The summed E-state index contributed by atoms with van der Waals surface area (Å²) in [5, 5.41) is 9.86. The molecule has 2 rings (SSSR count). The number of hydrogen-bond donors (Lipinski definition) is 3. The third-order valence-corrected chi connectivity index (χ3v) is 2.91. The van der Waals surface area contributed by atoms with Gasteiger partial charge >= 0.3 is 0 Å². The lowest BCUT2D eigenvalue weighted by Crippen LogP contribution is -2.29. The summed E-state index contributed by atoms with van der Waals surface area (Å²) in [6.45, 7) is 4.36. The van der Waals surface area contributed by atoms with Gasteiger partial charge in [-0.3, -0.25) is 4.90 Å². The number of likely N-dealkylation sites (tertiary alicyclic amines) is 1. The molecule has 5 heteroatoms. The molecule has 0 bridgehead atoms. The summed E-state index contributed by atoms with van der Waals surface area (Å²) in [4.78, 5) is 6.29. The van der Waals surface area contributed by atoms with E-state index in [2.05, 4.69) is 15.3 Å². The second-order valence-electron chi connectivity index (χ2n) is 4.65. The summed E-state index contributed by atoms with van der Waals surface area (Å²) in [7, 11) is 0. The van der Waals surface area contributed by atoms with E-state index in [4.69, 9.17) is 5.84 Å². The van der Waals surface area contributed by atoms with Crippen LogP contribution in [0, 0.1) is 0 Å². The molecule has 1 atom stereocenters. The van der Waals surface area contributed by atoms with Crippen LogP contribution in [0.5, 0.6) is 0 Å². The molecule has 1 aromatic rings. The number of hydrogen-bond acceptors (Lipinski definition) is 5. The van der Waals surface area contributed by atoms with E-state index in [1.54, 1.807) is 6.20 Å². The Labute approximate surface area is 95.2 Å². The van der Waals surface area contributed by atoms with Crippen LogP contribution in [0.25, 0.3) is 0 Å². The predicted octanol–water partition coefficient (Wildman–Crippen LogP) is 0.324. The van der Waals surface area contributed by atoms with Gasteiger partial charge in [-0.2, -0.15) is 0 Å². The van der Waals surface area contributed by atoms with Crippen molar-refractivity contribution in [1.82, 2.24) is 9.88 Å². The van der Waals surface area contributed by atoms with Crippen molar-refractivity contribution >= 4 is 5.82 Å². The van der Waals surface area contributed by atoms with Crippen LogP contribution >= 0.6 is 0 Å². The van der Waals surface area contributed by atoms with E-state index < -0.39 is 5.60 Å². The van der Waals surface area contributed by atoms with Crippen LogP contribution in [0.2, 0.25) is 0 Å². The van der Waals surface area contributed by atoms with Crippen molar-refractivity contribution in [2.24, 2.45) is 5.84 Å². The third-order valence-electron chi connectivity index (χ3n) is 2.91. The van der Waals surface area contributed by atoms with E-state index in [1.165, 1.54) is 0 Å². The van der Waals surface area contributed by atoms with Crippen molar-refractivity contribution < 1.29 is 5.11 Å². The Morgan fingerprint density at radius 1 is 1.69 bits per heavy atom. The van der Waals surface area contributed by atoms with Gasteiger partial charge in [0, 0.05) is 25.8 Å². The van der Waals surface area contributed by atoms with Gasteiger partial charge in [0.15, 0.2) is 0 Å². The van der Waals surface area contributed by atoms with Gasteiger partial charge in [-0.15, -0.1) is 0 Å². The summed E-state index contributed by atoms with van der Waals surface area (Å²) in [5.74, 6) is 5.97. The molecular weight excluding hydrogens is 204 g/mol. The maximum Gasteiger partial charge on any atom is 0.140 e. The fourth-order valence-corrected chi connectivity index (χ4v) is 2.08. The average Bonchev–Trinajstić information content (AvgIpc) is 2.58. The first kappa shape index (κ1) is 11.3. The van der Waals surface area contributed by atoms with Crippen molar-refractivity contribution in [3.63, 3.8) is 0 Å². The average molecular weight is 222 g/mol. The first-order valence-electron chi connectivity index (χ1n) is 5.45. The lowest BCUT2D eigenvalue weighted by Gasteiger charge is -2.18. The Balaban J connectivity index is 1.99. The Kier molecular flexibility index (Phi) is 3.09. The Morgan fingerprint density at radius 3 is 3.12 bits per heavy atom. The van der Waals surface area contributed by atoms with Gasteiger partial charge in [-0.25, -0.2) is 10.8 Å². The van der Waals surface area contributed by atoms with Crippen LogP contribution in [0.15, 0.2) is 18.3 Å². The second-order valence-corrected chi connectivity index (χ2v) is 4.65. The van der Waals surface area contributed by atoms with Crippen molar-refractivity contribution in [2.75, 3.05) is 18.5 Å². The number of anilines is 1. The zero-order valence-electron chi connectivity index (χ0n) is 9.48. The molecule has 0 saturated carbocycles. The molecule has 0 aliphatic carbocycles. The molecule has 0 amide bonds. The first-order valence-corrected chi connectivity index (χ1v) is 5.45. The van der Waals surface area contributed by atoms with Gasteiger partial charge in [-0.05, 0) is 31.0 Å². The van der Waals surface area contributed by atoms with Gasteiger partial charge in [0.1, 0.15) is 5.82 Å². The van der Waals surface area contributed by atoms with Gasteiger partial charge in [-0.1, -0.05) is 0 Å². The molecule has 5 nitrogen and oxygen atoms in total. The summed E-state index contributed by atoms with van der Waals surface area (Å²) >= 11 is 0.